The van der Waals surface area contributed by atoms with E-state index >= 15 is 0 Å². The Morgan fingerprint density at radius 2 is 1.92 bits per heavy atom. The lowest BCUT2D eigenvalue weighted by Gasteiger charge is -2.13. The lowest BCUT2D eigenvalue weighted by atomic mass is 10.2. The van der Waals surface area contributed by atoms with Gasteiger partial charge in [0.15, 0.2) is 0 Å². The first kappa shape index (κ1) is 24.3. The average Bonchev–Trinajstić information content (AvgIpc) is 3.51. The maximum Gasteiger partial charge on any atom is 0.373 e. The number of aromatic nitrogens is 1. The van der Waals surface area contributed by atoms with Crippen molar-refractivity contribution >= 4 is 29.7 Å². The van der Waals surface area contributed by atoms with Crippen molar-refractivity contribution in [2.45, 2.75) is 20.4 Å². The molecule has 12 heteroatoms. The summed E-state index contributed by atoms with van der Waals surface area (Å²) in [6.45, 7) is 3.42. The number of nitro groups is 1. The second-order valence-corrected chi connectivity index (χ2v) is 7.91. The van der Waals surface area contributed by atoms with Crippen LogP contribution in [0.5, 0.6) is 5.75 Å². The van der Waals surface area contributed by atoms with Crippen LogP contribution in [-0.2, 0) is 16.1 Å². The molecule has 4 rings (SSSR count). The Morgan fingerprint density at radius 3 is 2.58 bits per heavy atom. The predicted octanol–water partition coefficient (Wildman–Crippen LogP) is 3.48. The number of carbonyl (C=O) groups excluding carboxylic acids is 3. The maximum absolute atomic E-state index is 13.0. The highest BCUT2D eigenvalue weighted by Gasteiger charge is 2.34. The highest BCUT2D eigenvalue weighted by Crippen LogP contribution is 2.32. The molecular formula is C24H22N4O8. The van der Waals surface area contributed by atoms with E-state index < -0.39 is 22.8 Å². The first-order chi connectivity index (χ1) is 17.1. The van der Waals surface area contributed by atoms with E-state index in [4.69, 9.17) is 9.15 Å². The molecule has 3 aromatic rings. The van der Waals surface area contributed by atoms with E-state index in [2.05, 4.69) is 10.1 Å². The smallest absolute Gasteiger partial charge is 0.373 e. The highest BCUT2D eigenvalue weighted by molar-refractivity contribution is 6.14. The Balaban J connectivity index is 1.64. The SMILES string of the molecule is COC(=O)c1ccc(CN2C(=O)NC(=Cc3cc(C)n(-c4cc([N+](=O)[O-])ccc4OC)c3C)C2=O)o1. The number of methoxy groups -OCH3 is 2. The molecule has 0 unspecified atom stereocenters. The number of nitrogens with one attached hydrogen (secondary N) is 1. The maximum atomic E-state index is 13.0. The van der Waals surface area contributed by atoms with Crippen LogP contribution in [0, 0.1) is 24.0 Å². The van der Waals surface area contributed by atoms with Gasteiger partial charge in [0.1, 0.15) is 17.2 Å². The molecule has 1 aromatic carbocycles. The van der Waals surface area contributed by atoms with Gasteiger partial charge in [-0.25, -0.2) is 9.59 Å². The molecule has 1 aliphatic rings. The molecular weight excluding hydrogens is 472 g/mol. The largest absolute Gasteiger partial charge is 0.495 e. The molecule has 12 nitrogen and oxygen atoms in total. The Morgan fingerprint density at radius 1 is 1.17 bits per heavy atom. The zero-order valence-corrected chi connectivity index (χ0v) is 19.9. The Hall–Kier alpha value is -4.87. The summed E-state index contributed by atoms with van der Waals surface area (Å²) in [6.07, 6.45) is 1.53. The number of non-ortho nitro benzene ring substituents is 1. The predicted molar refractivity (Wildman–Crippen MR) is 126 cm³/mol. The van der Waals surface area contributed by atoms with Crippen LogP contribution >= 0.6 is 0 Å². The molecule has 1 aliphatic heterocycles. The van der Waals surface area contributed by atoms with Crippen LogP contribution in [0.15, 0.2) is 46.5 Å². The third-order valence-corrected chi connectivity index (χ3v) is 5.71. The van der Waals surface area contributed by atoms with Gasteiger partial charge in [0.25, 0.3) is 11.6 Å². The minimum atomic E-state index is -0.672. The van der Waals surface area contributed by atoms with E-state index in [0.717, 1.165) is 10.6 Å². The van der Waals surface area contributed by atoms with Gasteiger partial charge < -0.3 is 23.8 Å². The first-order valence-electron chi connectivity index (χ1n) is 10.7. The van der Waals surface area contributed by atoms with Crippen molar-refractivity contribution in [3.8, 4) is 11.4 Å². The number of rotatable bonds is 7. The van der Waals surface area contributed by atoms with Gasteiger partial charge in [-0.2, -0.15) is 0 Å². The van der Waals surface area contributed by atoms with Crippen molar-refractivity contribution < 1.29 is 33.2 Å². The first-order valence-corrected chi connectivity index (χ1v) is 10.7. The summed E-state index contributed by atoms with van der Waals surface area (Å²) in [5.74, 6) is -0.623. The molecule has 0 spiro atoms. The number of carbonyl (C=O) groups is 3. The lowest BCUT2D eigenvalue weighted by molar-refractivity contribution is -0.384. The van der Waals surface area contributed by atoms with Crippen LogP contribution in [0.2, 0.25) is 0 Å². The summed E-state index contributed by atoms with van der Waals surface area (Å²) in [6, 6.07) is 8.31. The number of hydrogen-bond acceptors (Lipinski definition) is 8. The number of nitrogens with zero attached hydrogens (tertiary/aromatic N) is 3. The van der Waals surface area contributed by atoms with Crippen molar-refractivity contribution in [3.63, 3.8) is 0 Å². The Kier molecular flexibility index (Phi) is 6.34. The van der Waals surface area contributed by atoms with Crippen molar-refractivity contribution in [3.05, 3.63) is 80.7 Å². The molecule has 0 atom stereocenters. The fourth-order valence-electron chi connectivity index (χ4n) is 3.97. The van der Waals surface area contributed by atoms with Gasteiger partial charge in [-0.1, -0.05) is 0 Å². The third-order valence-electron chi connectivity index (χ3n) is 5.71. The van der Waals surface area contributed by atoms with E-state index in [1.54, 1.807) is 17.6 Å². The second-order valence-electron chi connectivity index (χ2n) is 7.91. The van der Waals surface area contributed by atoms with Crippen LogP contribution in [0.3, 0.4) is 0 Å². The fourth-order valence-corrected chi connectivity index (χ4v) is 3.97. The van der Waals surface area contributed by atoms with Gasteiger partial charge in [-0.05, 0) is 49.8 Å². The van der Waals surface area contributed by atoms with E-state index in [1.807, 2.05) is 6.92 Å². The summed E-state index contributed by atoms with van der Waals surface area (Å²) in [5.41, 5.74) is 2.45. The van der Waals surface area contributed by atoms with E-state index in [1.165, 1.54) is 50.6 Å². The van der Waals surface area contributed by atoms with E-state index in [-0.39, 0.29) is 29.4 Å². The summed E-state index contributed by atoms with van der Waals surface area (Å²) in [4.78, 5) is 48.8. The molecule has 0 bridgehead atoms. The molecule has 1 saturated heterocycles. The number of urea groups is 1. The number of furan rings is 1. The van der Waals surface area contributed by atoms with E-state index in [9.17, 15) is 24.5 Å². The molecule has 3 heterocycles. The summed E-state index contributed by atoms with van der Waals surface area (Å²) >= 11 is 0. The van der Waals surface area contributed by atoms with Gasteiger partial charge in [0, 0.05) is 23.5 Å². The van der Waals surface area contributed by atoms with Gasteiger partial charge in [-0.3, -0.25) is 19.8 Å². The summed E-state index contributed by atoms with van der Waals surface area (Å²) in [7, 11) is 2.68. The summed E-state index contributed by atoms with van der Waals surface area (Å²) in [5, 5.41) is 13.8. The minimum Gasteiger partial charge on any atom is -0.495 e. The number of aryl methyl sites for hydroxylation is 1. The van der Waals surface area contributed by atoms with Gasteiger partial charge in [0.05, 0.1) is 31.4 Å². The number of esters is 1. The molecule has 0 radical (unpaired) electrons. The highest BCUT2D eigenvalue weighted by atomic mass is 16.6. The van der Waals surface area contributed by atoms with Crippen LogP contribution in [-0.4, -0.2) is 46.5 Å². The average molecular weight is 494 g/mol. The van der Waals surface area contributed by atoms with Gasteiger partial charge in [0.2, 0.25) is 5.76 Å². The van der Waals surface area contributed by atoms with Crippen molar-refractivity contribution in [2.75, 3.05) is 14.2 Å². The van der Waals surface area contributed by atoms with Crippen molar-refractivity contribution in [2.24, 2.45) is 0 Å². The molecule has 1 N–H and O–H groups in total. The van der Waals surface area contributed by atoms with Crippen molar-refractivity contribution in [1.82, 2.24) is 14.8 Å². The number of imide groups is 1. The standard InChI is InChI=1S/C24H22N4O8/c1-13-9-15(14(2)27(13)19-11-16(28(32)33)5-7-20(19)34-3)10-18-22(29)26(24(31)25-18)12-17-6-8-21(36-17)23(30)35-4/h5-11H,12H2,1-4H3,(H,25,31). The number of hydrogen-bond donors (Lipinski definition) is 1. The zero-order valence-electron chi connectivity index (χ0n) is 19.9. The Bertz CT molecular complexity index is 1430. The minimum absolute atomic E-state index is 0.0423. The van der Waals surface area contributed by atoms with Gasteiger partial charge >= 0.3 is 12.0 Å². The van der Waals surface area contributed by atoms with Crippen LogP contribution in [0.25, 0.3) is 11.8 Å². The molecule has 3 amide bonds. The fraction of sp³-hybridized carbons (Fsp3) is 0.208. The van der Waals surface area contributed by atoms with Crippen molar-refractivity contribution in [1.29, 1.82) is 0 Å². The van der Waals surface area contributed by atoms with E-state index in [0.29, 0.717) is 22.7 Å². The normalized spacial score (nSPS) is 14.3. The monoisotopic (exact) mass is 494 g/mol. The van der Waals surface area contributed by atoms with Gasteiger partial charge in [-0.15, -0.1) is 0 Å². The second kappa shape index (κ2) is 9.41. The Labute approximate surface area is 204 Å². The number of amides is 3. The molecule has 0 aliphatic carbocycles. The summed E-state index contributed by atoms with van der Waals surface area (Å²) < 4.78 is 17.1. The molecule has 186 valence electrons. The number of ether oxygens (including phenoxy) is 2. The lowest BCUT2D eigenvalue weighted by Crippen LogP contribution is -2.30. The third kappa shape index (κ3) is 4.31. The quantitative estimate of drug-likeness (QED) is 0.173. The molecule has 0 saturated carbocycles. The molecule has 36 heavy (non-hydrogen) atoms. The molecule has 1 fully saturated rings. The van der Waals surface area contributed by atoms with Crippen LogP contribution in [0.1, 0.15) is 33.3 Å². The molecule has 2 aromatic heterocycles. The van der Waals surface area contributed by atoms with Crippen LogP contribution < -0.4 is 10.1 Å². The topological polar surface area (TPSA) is 146 Å². The number of nitro benzene ring substituents is 1. The zero-order chi connectivity index (χ0) is 26.1. The number of benzene rings is 1. The van der Waals surface area contributed by atoms with Crippen LogP contribution in [0.4, 0.5) is 10.5 Å².